The molecule has 0 bridgehead atoms. The number of hydrogen-bond acceptors (Lipinski definition) is 2. The number of rotatable bonds is 4. The van der Waals surface area contributed by atoms with Crippen LogP contribution in [0.5, 0.6) is 0 Å². The average Bonchev–Trinajstić information content (AvgIpc) is 2.45. The lowest BCUT2D eigenvalue weighted by Crippen LogP contribution is -2.10. The number of aryl methyl sites for hydroxylation is 1. The molecule has 0 saturated carbocycles. The highest BCUT2D eigenvalue weighted by atomic mass is 16.4. The zero-order valence-electron chi connectivity index (χ0n) is 11.6. The Bertz CT molecular complexity index is 630. The van der Waals surface area contributed by atoms with Gasteiger partial charge < -0.3 is 10.0 Å². The molecule has 0 heterocycles. The van der Waals surface area contributed by atoms with Crippen molar-refractivity contribution in [3.63, 3.8) is 0 Å². The van der Waals surface area contributed by atoms with E-state index in [1.54, 1.807) is 6.08 Å². The predicted octanol–water partition coefficient (Wildman–Crippen LogP) is 3.86. The van der Waals surface area contributed by atoms with E-state index in [2.05, 4.69) is 12.1 Å². The van der Waals surface area contributed by atoms with E-state index in [0.717, 1.165) is 23.0 Å². The molecule has 0 saturated heterocycles. The molecular weight excluding hydrogens is 250 g/mol. The monoisotopic (exact) mass is 267 g/mol. The van der Waals surface area contributed by atoms with Crippen LogP contribution in [0.2, 0.25) is 0 Å². The Morgan fingerprint density at radius 2 is 1.75 bits per heavy atom. The van der Waals surface area contributed by atoms with Gasteiger partial charge in [-0.05, 0) is 36.8 Å². The molecule has 102 valence electrons. The first kappa shape index (κ1) is 13.9. The minimum absolute atomic E-state index is 0.873. The Labute approximate surface area is 118 Å². The van der Waals surface area contributed by atoms with E-state index in [4.69, 9.17) is 5.11 Å². The second-order valence-corrected chi connectivity index (χ2v) is 4.62. The van der Waals surface area contributed by atoms with E-state index >= 15 is 0 Å². The van der Waals surface area contributed by atoms with Crippen LogP contribution in [0.3, 0.4) is 0 Å². The van der Waals surface area contributed by atoms with Crippen molar-refractivity contribution in [2.45, 2.75) is 6.92 Å². The number of anilines is 2. The smallest absolute Gasteiger partial charge is 0.328 e. The second kappa shape index (κ2) is 6.06. The lowest BCUT2D eigenvalue weighted by molar-refractivity contribution is -0.131. The molecule has 2 aromatic carbocycles. The molecule has 0 aliphatic carbocycles. The summed E-state index contributed by atoms with van der Waals surface area (Å²) in [6.07, 6.45) is 2.77. The number of carbonyl (C=O) groups is 1. The zero-order chi connectivity index (χ0) is 14.5. The number of nitrogens with zero attached hydrogens (tertiary/aromatic N) is 1. The van der Waals surface area contributed by atoms with E-state index in [1.165, 1.54) is 5.56 Å². The fraction of sp³-hybridized carbons (Fsp3) is 0.118. The maximum absolute atomic E-state index is 10.7. The first-order chi connectivity index (χ1) is 9.58. The van der Waals surface area contributed by atoms with Crippen molar-refractivity contribution in [3.05, 3.63) is 65.7 Å². The normalized spacial score (nSPS) is 10.7. The number of carboxylic acids is 1. The molecule has 20 heavy (non-hydrogen) atoms. The molecule has 3 heteroatoms. The number of carboxylic acid groups (broad SMARTS) is 1. The summed E-state index contributed by atoms with van der Waals surface area (Å²) in [7, 11) is 1.97. The van der Waals surface area contributed by atoms with Crippen LogP contribution in [0.4, 0.5) is 11.4 Å². The first-order valence-corrected chi connectivity index (χ1v) is 6.38. The summed E-state index contributed by atoms with van der Waals surface area (Å²) in [6.45, 7) is 2.05. The average molecular weight is 267 g/mol. The van der Waals surface area contributed by atoms with Gasteiger partial charge in [0, 0.05) is 24.5 Å². The first-order valence-electron chi connectivity index (χ1n) is 6.38. The van der Waals surface area contributed by atoms with Crippen molar-refractivity contribution in [1.82, 2.24) is 0 Å². The van der Waals surface area contributed by atoms with Crippen LogP contribution in [0, 0.1) is 6.92 Å². The van der Waals surface area contributed by atoms with E-state index in [9.17, 15) is 4.79 Å². The molecule has 1 N–H and O–H groups in total. The molecule has 2 aromatic rings. The maximum atomic E-state index is 10.7. The summed E-state index contributed by atoms with van der Waals surface area (Å²) in [4.78, 5) is 12.7. The van der Waals surface area contributed by atoms with Crippen LogP contribution in [-0.2, 0) is 4.79 Å². The topological polar surface area (TPSA) is 40.5 Å². The van der Waals surface area contributed by atoms with Crippen molar-refractivity contribution in [2.75, 3.05) is 11.9 Å². The Balaban J connectivity index is 2.36. The van der Waals surface area contributed by atoms with Crippen LogP contribution < -0.4 is 4.90 Å². The standard InChI is InChI=1S/C17H17NO2/c1-13-7-10-15(11-8-13)18(2)16-6-4-3-5-14(16)9-12-17(19)20/h3-12H,1-2H3,(H,19,20). The van der Waals surface area contributed by atoms with Crippen LogP contribution in [0.25, 0.3) is 6.08 Å². The van der Waals surface area contributed by atoms with E-state index in [-0.39, 0.29) is 0 Å². The van der Waals surface area contributed by atoms with Crippen molar-refractivity contribution in [2.24, 2.45) is 0 Å². The molecule has 3 nitrogen and oxygen atoms in total. The molecule has 0 aromatic heterocycles. The number of hydrogen-bond donors (Lipinski definition) is 1. The highest BCUT2D eigenvalue weighted by Gasteiger charge is 2.07. The quantitative estimate of drug-likeness (QED) is 0.855. The number of aliphatic carboxylic acids is 1. The van der Waals surface area contributed by atoms with Crippen LogP contribution in [-0.4, -0.2) is 18.1 Å². The predicted molar refractivity (Wildman–Crippen MR) is 82.4 cm³/mol. The van der Waals surface area contributed by atoms with Gasteiger partial charge in [0.05, 0.1) is 0 Å². The lowest BCUT2D eigenvalue weighted by Gasteiger charge is -2.21. The third kappa shape index (κ3) is 3.26. The number of para-hydroxylation sites is 1. The van der Waals surface area contributed by atoms with Crippen LogP contribution in [0.15, 0.2) is 54.6 Å². The Hall–Kier alpha value is -2.55. The van der Waals surface area contributed by atoms with E-state index in [1.807, 2.05) is 55.3 Å². The van der Waals surface area contributed by atoms with Crippen molar-refractivity contribution in [3.8, 4) is 0 Å². The van der Waals surface area contributed by atoms with Gasteiger partial charge in [-0.2, -0.15) is 0 Å². The summed E-state index contributed by atoms with van der Waals surface area (Å²) in [5, 5.41) is 8.75. The third-order valence-electron chi connectivity index (χ3n) is 3.12. The van der Waals surface area contributed by atoms with Crippen LogP contribution >= 0.6 is 0 Å². The zero-order valence-corrected chi connectivity index (χ0v) is 11.6. The van der Waals surface area contributed by atoms with Gasteiger partial charge in [0.2, 0.25) is 0 Å². The summed E-state index contributed by atoms with van der Waals surface area (Å²) in [5.74, 6) is -0.946. The molecule has 2 rings (SSSR count). The van der Waals surface area contributed by atoms with Gasteiger partial charge in [-0.1, -0.05) is 35.9 Å². The number of benzene rings is 2. The second-order valence-electron chi connectivity index (χ2n) is 4.62. The van der Waals surface area contributed by atoms with Gasteiger partial charge in [-0.25, -0.2) is 4.79 Å². The van der Waals surface area contributed by atoms with Crippen molar-refractivity contribution < 1.29 is 9.90 Å². The van der Waals surface area contributed by atoms with Gasteiger partial charge in [-0.3, -0.25) is 0 Å². The van der Waals surface area contributed by atoms with Gasteiger partial charge in [0.15, 0.2) is 0 Å². The Morgan fingerprint density at radius 3 is 2.40 bits per heavy atom. The highest BCUT2D eigenvalue weighted by molar-refractivity contribution is 5.87. The fourth-order valence-electron chi connectivity index (χ4n) is 2.00. The van der Waals surface area contributed by atoms with Crippen LogP contribution in [0.1, 0.15) is 11.1 Å². The van der Waals surface area contributed by atoms with Gasteiger partial charge in [0.25, 0.3) is 0 Å². The lowest BCUT2D eigenvalue weighted by atomic mass is 10.1. The molecule has 0 aliphatic heterocycles. The maximum Gasteiger partial charge on any atom is 0.328 e. The summed E-state index contributed by atoms with van der Waals surface area (Å²) < 4.78 is 0. The molecule has 0 aliphatic rings. The highest BCUT2D eigenvalue weighted by Crippen LogP contribution is 2.27. The summed E-state index contributed by atoms with van der Waals surface area (Å²) in [5.41, 5.74) is 4.11. The molecule has 0 fully saturated rings. The Morgan fingerprint density at radius 1 is 1.10 bits per heavy atom. The minimum atomic E-state index is -0.946. The van der Waals surface area contributed by atoms with Gasteiger partial charge >= 0.3 is 5.97 Å². The van der Waals surface area contributed by atoms with E-state index in [0.29, 0.717) is 0 Å². The molecule has 0 spiro atoms. The molecule has 0 unspecified atom stereocenters. The summed E-state index contributed by atoms with van der Waals surface area (Å²) in [6, 6.07) is 15.9. The molecule has 0 atom stereocenters. The fourth-order valence-corrected chi connectivity index (χ4v) is 2.00. The largest absolute Gasteiger partial charge is 0.478 e. The summed E-state index contributed by atoms with van der Waals surface area (Å²) >= 11 is 0. The van der Waals surface area contributed by atoms with Gasteiger partial charge in [0.1, 0.15) is 0 Å². The molecule has 0 radical (unpaired) electrons. The molecule has 0 amide bonds. The Kier molecular flexibility index (Phi) is 4.20. The third-order valence-corrected chi connectivity index (χ3v) is 3.12. The van der Waals surface area contributed by atoms with Crippen molar-refractivity contribution >= 4 is 23.4 Å². The minimum Gasteiger partial charge on any atom is -0.478 e. The van der Waals surface area contributed by atoms with E-state index < -0.39 is 5.97 Å². The van der Waals surface area contributed by atoms with Crippen molar-refractivity contribution in [1.29, 1.82) is 0 Å². The SMILES string of the molecule is Cc1ccc(N(C)c2ccccc2C=CC(=O)O)cc1. The van der Waals surface area contributed by atoms with Gasteiger partial charge in [-0.15, -0.1) is 0 Å². The molecular formula is C17H17NO2.